The van der Waals surface area contributed by atoms with E-state index in [0.717, 1.165) is 12.8 Å². The van der Waals surface area contributed by atoms with Crippen LogP contribution in [-0.2, 0) is 4.74 Å². The first kappa shape index (κ1) is 19.3. The Hall–Kier alpha value is -0.730. The van der Waals surface area contributed by atoms with Crippen molar-refractivity contribution in [1.29, 1.82) is 0 Å². The van der Waals surface area contributed by atoms with Gasteiger partial charge in [-0.1, -0.05) is 41.5 Å². The lowest BCUT2D eigenvalue weighted by Crippen LogP contribution is -2.48. The molecular weight excluding hydrogens is 250 g/mol. The van der Waals surface area contributed by atoms with Gasteiger partial charge in [0.25, 0.3) is 0 Å². The lowest BCUT2D eigenvalue weighted by molar-refractivity contribution is 0.00538. The van der Waals surface area contributed by atoms with Crippen molar-refractivity contribution in [3.8, 4) is 0 Å². The van der Waals surface area contributed by atoms with Crippen molar-refractivity contribution in [2.75, 3.05) is 0 Å². The minimum atomic E-state index is -0.458. The van der Waals surface area contributed by atoms with E-state index in [1.165, 1.54) is 0 Å². The molecule has 3 nitrogen and oxygen atoms in total. The van der Waals surface area contributed by atoms with E-state index in [0.29, 0.717) is 0 Å². The van der Waals surface area contributed by atoms with Crippen LogP contribution in [0.25, 0.3) is 0 Å². The fourth-order valence-electron chi connectivity index (χ4n) is 3.24. The van der Waals surface area contributed by atoms with Crippen LogP contribution in [0, 0.1) is 10.8 Å². The molecule has 20 heavy (non-hydrogen) atoms. The van der Waals surface area contributed by atoms with Gasteiger partial charge in [-0.25, -0.2) is 4.79 Å². The lowest BCUT2D eigenvalue weighted by atomic mass is 9.82. The van der Waals surface area contributed by atoms with Gasteiger partial charge in [0, 0.05) is 5.54 Å². The molecule has 0 unspecified atom stereocenters. The summed E-state index contributed by atoms with van der Waals surface area (Å²) < 4.78 is 5.61. The van der Waals surface area contributed by atoms with E-state index in [-0.39, 0.29) is 22.5 Å². The number of nitrogens with one attached hydrogen (secondary N) is 1. The van der Waals surface area contributed by atoms with Crippen molar-refractivity contribution in [2.24, 2.45) is 10.8 Å². The van der Waals surface area contributed by atoms with E-state index in [9.17, 15) is 4.79 Å². The van der Waals surface area contributed by atoms with E-state index in [1.807, 2.05) is 27.7 Å². The van der Waals surface area contributed by atoms with Gasteiger partial charge in [-0.2, -0.15) is 0 Å². The van der Waals surface area contributed by atoms with Gasteiger partial charge in [-0.15, -0.1) is 0 Å². The molecule has 0 fully saturated rings. The van der Waals surface area contributed by atoms with Gasteiger partial charge in [0.1, 0.15) is 5.60 Å². The molecule has 0 aliphatic rings. The van der Waals surface area contributed by atoms with Gasteiger partial charge in [0.15, 0.2) is 0 Å². The molecule has 1 N–H and O–H groups in total. The average molecular weight is 285 g/mol. The Bertz CT molecular complexity index is 298. The highest BCUT2D eigenvalue weighted by Gasteiger charge is 2.32. The van der Waals surface area contributed by atoms with Crippen molar-refractivity contribution >= 4 is 6.09 Å². The molecule has 0 aliphatic carbocycles. The third-order valence-corrected chi connectivity index (χ3v) is 2.74. The van der Waals surface area contributed by atoms with E-state index < -0.39 is 5.60 Å². The molecule has 0 aromatic rings. The number of carbonyl (C=O) groups excluding carboxylic acids is 1. The Labute approximate surface area is 125 Å². The van der Waals surface area contributed by atoms with Crippen LogP contribution in [0.2, 0.25) is 0 Å². The average Bonchev–Trinajstić information content (AvgIpc) is 1.86. The van der Waals surface area contributed by atoms with Crippen molar-refractivity contribution in [2.45, 2.75) is 93.2 Å². The Morgan fingerprint density at radius 3 is 1.55 bits per heavy atom. The molecule has 0 aromatic carbocycles. The second-order valence-corrected chi connectivity index (χ2v) is 9.63. The zero-order chi connectivity index (χ0) is 16.4. The zero-order valence-electron chi connectivity index (χ0n) is 15.2. The van der Waals surface area contributed by atoms with Gasteiger partial charge in [-0.05, 0) is 51.4 Å². The van der Waals surface area contributed by atoms with Crippen LogP contribution in [0.4, 0.5) is 4.79 Å². The molecule has 120 valence electrons. The predicted octanol–water partition coefficient (Wildman–Crippen LogP) is 5.14. The molecule has 0 aromatic heterocycles. The standard InChI is InChI=1S/C17H35NO2/c1-14(2,3)11-16(7,8)18-13(19)20-17(9,10)12-15(4,5)6/h11-12H2,1-10H3,(H,18,19). The molecule has 0 bridgehead atoms. The molecule has 0 rings (SSSR count). The number of carbonyl (C=O) groups is 1. The van der Waals surface area contributed by atoms with Crippen LogP contribution >= 0.6 is 0 Å². The number of rotatable bonds is 4. The molecule has 0 saturated carbocycles. The van der Waals surface area contributed by atoms with E-state index >= 15 is 0 Å². The fourth-order valence-corrected chi connectivity index (χ4v) is 3.24. The number of amides is 1. The largest absolute Gasteiger partial charge is 0.444 e. The van der Waals surface area contributed by atoms with Crippen LogP contribution in [0.15, 0.2) is 0 Å². The highest BCUT2D eigenvalue weighted by molar-refractivity contribution is 5.68. The molecule has 0 heterocycles. The molecular formula is C17H35NO2. The highest BCUT2D eigenvalue weighted by Crippen LogP contribution is 2.30. The summed E-state index contributed by atoms with van der Waals surface area (Å²) in [7, 11) is 0. The van der Waals surface area contributed by atoms with Gasteiger partial charge in [-0.3, -0.25) is 0 Å². The summed E-state index contributed by atoms with van der Waals surface area (Å²) in [5, 5.41) is 2.99. The monoisotopic (exact) mass is 285 g/mol. The Morgan fingerprint density at radius 2 is 1.20 bits per heavy atom. The van der Waals surface area contributed by atoms with Crippen LogP contribution in [0.1, 0.15) is 82.1 Å². The van der Waals surface area contributed by atoms with E-state index in [2.05, 4.69) is 46.9 Å². The van der Waals surface area contributed by atoms with Crippen molar-refractivity contribution in [3.63, 3.8) is 0 Å². The molecule has 3 heteroatoms. The minimum absolute atomic E-state index is 0.130. The van der Waals surface area contributed by atoms with E-state index in [4.69, 9.17) is 4.74 Å². The van der Waals surface area contributed by atoms with Crippen LogP contribution in [0.5, 0.6) is 0 Å². The summed E-state index contributed by atoms with van der Waals surface area (Å²) >= 11 is 0. The number of hydrogen-bond donors (Lipinski definition) is 1. The second kappa shape index (κ2) is 5.95. The molecule has 0 radical (unpaired) electrons. The Balaban J connectivity index is 4.56. The Morgan fingerprint density at radius 1 is 0.800 bits per heavy atom. The first-order chi connectivity index (χ1) is 8.52. The van der Waals surface area contributed by atoms with Gasteiger partial charge >= 0.3 is 6.09 Å². The summed E-state index contributed by atoms with van der Waals surface area (Å²) in [4.78, 5) is 12.1. The van der Waals surface area contributed by atoms with Crippen molar-refractivity contribution < 1.29 is 9.53 Å². The lowest BCUT2D eigenvalue weighted by Gasteiger charge is -2.36. The maximum atomic E-state index is 12.1. The van der Waals surface area contributed by atoms with Gasteiger partial charge < -0.3 is 10.1 Å². The summed E-state index contributed by atoms with van der Waals surface area (Å²) in [5.41, 5.74) is -0.435. The maximum Gasteiger partial charge on any atom is 0.408 e. The third kappa shape index (κ3) is 10.1. The summed E-state index contributed by atoms with van der Waals surface area (Å²) in [6, 6.07) is 0. The van der Waals surface area contributed by atoms with Crippen LogP contribution < -0.4 is 5.32 Å². The number of hydrogen-bond acceptors (Lipinski definition) is 2. The van der Waals surface area contributed by atoms with Gasteiger partial charge in [0.2, 0.25) is 0 Å². The van der Waals surface area contributed by atoms with Crippen molar-refractivity contribution in [3.05, 3.63) is 0 Å². The summed E-state index contributed by atoms with van der Waals surface area (Å²) in [6.45, 7) is 21.0. The first-order valence-corrected chi connectivity index (χ1v) is 7.53. The maximum absolute atomic E-state index is 12.1. The highest BCUT2D eigenvalue weighted by atomic mass is 16.6. The predicted molar refractivity (Wildman–Crippen MR) is 85.9 cm³/mol. The normalized spacial score (nSPS) is 14.1. The quantitative estimate of drug-likeness (QED) is 0.776. The summed E-state index contributed by atoms with van der Waals surface area (Å²) in [5.74, 6) is 0. The zero-order valence-corrected chi connectivity index (χ0v) is 15.2. The fraction of sp³-hybridized carbons (Fsp3) is 0.941. The van der Waals surface area contributed by atoms with E-state index in [1.54, 1.807) is 0 Å². The molecule has 1 amide bonds. The molecule has 0 saturated heterocycles. The SMILES string of the molecule is CC(C)(C)CC(C)(C)NC(=O)OC(C)(C)CC(C)(C)C. The van der Waals surface area contributed by atoms with Gasteiger partial charge in [0.05, 0.1) is 0 Å². The smallest absolute Gasteiger partial charge is 0.408 e. The second-order valence-electron chi connectivity index (χ2n) is 9.63. The first-order valence-electron chi connectivity index (χ1n) is 7.53. The third-order valence-electron chi connectivity index (χ3n) is 2.74. The number of ether oxygens (including phenoxy) is 1. The topological polar surface area (TPSA) is 38.3 Å². The molecule has 0 spiro atoms. The molecule has 0 atom stereocenters. The minimum Gasteiger partial charge on any atom is -0.444 e. The molecule has 0 aliphatic heterocycles. The summed E-state index contributed by atoms with van der Waals surface area (Å²) in [6.07, 6.45) is 1.40. The Kier molecular flexibility index (Phi) is 5.73. The number of alkyl carbamates (subject to hydrolysis) is 1. The van der Waals surface area contributed by atoms with Crippen molar-refractivity contribution in [1.82, 2.24) is 5.32 Å². The van der Waals surface area contributed by atoms with Crippen LogP contribution in [-0.4, -0.2) is 17.2 Å². The van der Waals surface area contributed by atoms with Crippen LogP contribution in [0.3, 0.4) is 0 Å².